The van der Waals surface area contributed by atoms with Gasteiger partial charge in [0, 0.05) is 19.3 Å². The third kappa shape index (κ3) is 3.59. The summed E-state index contributed by atoms with van der Waals surface area (Å²) in [7, 11) is -0.747. The molecule has 0 aliphatic heterocycles. The number of nitrogen functional groups attached to an aromatic ring is 1. The van der Waals surface area contributed by atoms with Crippen LogP contribution >= 0.6 is 0 Å². The highest BCUT2D eigenvalue weighted by Gasteiger charge is 2.20. The fourth-order valence-corrected chi connectivity index (χ4v) is 2.61. The zero-order chi connectivity index (χ0) is 13.8. The summed E-state index contributed by atoms with van der Waals surface area (Å²) in [4.78, 5) is 0.0216. The monoisotopic (exact) mass is 274 g/mol. The minimum atomic E-state index is -3.67. The van der Waals surface area contributed by atoms with E-state index in [1.807, 2.05) is 0 Å². The van der Waals surface area contributed by atoms with Gasteiger partial charge < -0.3 is 15.2 Å². The minimum absolute atomic E-state index is 0.0216. The molecule has 6 nitrogen and oxygen atoms in total. The Morgan fingerprint density at radius 3 is 2.61 bits per heavy atom. The lowest BCUT2D eigenvalue weighted by molar-refractivity contribution is 0.122. The summed E-state index contributed by atoms with van der Waals surface area (Å²) in [6.45, 7) is 1.94. The van der Waals surface area contributed by atoms with Crippen LogP contribution < -0.4 is 15.2 Å². The van der Waals surface area contributed by atoms with Gasteiger partial charge in [-0.3, -0.25) is 0 Å². The Hall–Kier alpha value is -1.31. The molecule has 0 radical (unpaired) electrons. The van der Waals surface area contributed by atoms with Crippen LogP contribution in [0, 0.1) is 0 Å². The van der Waals surface area contributed by atoms with Crippen molar-refractivity contribution in [1.29, 1.82) is 0 Å². The van der Waals surface area contributed by atoms with E-state index in [-0.39, 0.29) is 23.3 Å². The van der Waals surface area contributed by atoms with Crippen molar-refractivity contribution in [2.45, 2.75) is 17.9 Å². The summed E-state index contributed by atoms with van der Waals surface area (Å²) in [6.07, 6.45) is -0.216. The highest BCUT2D eigenvalue weighted by atomic mass is 32.2. The molecule has 0 aliphatic rings. The summed E-state index contributed by atoms with van der Waals surface area (Å²) in [5.74, 6) is 0.252. The van der Waals surface area contributed by atoms with Crippen LogP contribution in [0.1, 0.15) is 6.92 Å². The molecule has 3 N–H and O–H groups in total. The first kappa shape index (κ1) is 14.7. The van der Waals surface area contributed by atoms with Crippen molar-refractivity contribution in [3.05, 3.63) is 18.2 Å². The zero-order valence-electron chi connectivity index (χ0n) is 10.6. The second-order valence-corrected chi connectivity index (χ2v) is 5.54. The van der Waals surface area contributed by atoms with Crippen LogP contribution in [0.4, 0.5) is 5.69 Å². The van der Waals surface area contributed by atoms with Crippen LogP contribution in [-0.4, -0.2) is 35.3 Å². The van der Waals surface area contributed by atoms with E-state index in [1.54, 1.807) is 13.0 Å². The molecule has 0 aliphatic carbocycles. The summed E-state index contributed by atoms with van der Waals surface area (Å²) >= 11 is 0. The fraction of sp³-hybridized carbons (Fsp3) is 0.455. The molecule has 102 valence electrons. The number of rotatable bonds is 6. The molecule has 0 aromatic heterocycles. The first-order valence-corrected chi connectivity index (χ1v) is 6.85. The van der Waals surface area contributed by atoms with Crippen molar-refractivity contribution in [2.75, 3.05) is 26.5 Å². The van der Waals surface area contributed by atoms with Gasteiger partial charge in [0.25, 0.3) is 0 Å². The molecule has 0 fully saturated rings. The average molecular weight is 274 g/mol. The van der Waals surface area contributed by atoms with Gasteiger partial charge >= 0.3 is 0 Å². The number of benzene rings is 1. The van der Waals surface area contributed by atoms with Gasteiger partial charge in [0.05, 0.1) is 13.2 Å². The van der Waals surface area contributed by atoms with Gasteiger partial charge in [0.2, 0.25) is 10.0 Å². The lowest BCUT2D eigenvalue weighted by Crippen LogP contribution is -2.31. The first-order valence-electron chi connectivity index (χ1n) is 5.36. The molecular weight excluding hydrogens is 256 g/mol. The molecule has 1 aromatic rings. The van der Waals surface area contributed by atoms with Crippen LogP contribution in [-0.2, 0) is 14.8 Å². The smallest absolute Gasteiger partial charge is 0.244 e. The molecule has 0 spiro atoms. The third-order valence-corrected chi connectivity index (χ3v) is 3.89. The molecule has 0 heterocycles. The number of sulfonamides is 1. The maximum absolute atomic E-state index is 12.1. The summed E-state index contributed by atoms with van der Waals surface area (Å²) in [5, 5.41) is 0. The van der Waals surface area contributed by atoms with Gasteiger partial charge in [-0.2, -0.15) is 0 Å². The fourth-order valence-electron chi connectivity index (χ4n) is 1.29. The van der Waals surface area contributed by atoms with Crippen molar-refractivity contribution < 1.29 is 17.9 Å². The Labute approximate surface area is 107 Å². The van der Waals surface area contributed by atoms with E-state index in [0.29, 0.717) is 5.69 Å². The van der Waals surface area contributed by atoms with Crippen molar-refractivity contribution in [3.63, 3.8) is 0 Å². The molecule has 1 aromatic carbocycles. The molecule has 0 saturated heterocycles. The largest absolute Gasteiger partial charge is 0.495 e. The number of ether oxygens (including phenoxy) is 2. The van der Waals surface area contributed by atoms with Gasteiger partial charge in [-0.15, -0.1) is 0 Å². The second-order valence-electron chi connectivity index (χ2n) is 3.81. The van der Waals surface area contributed by atoms with Crippen LogP contribution in [0.3, 0.4) is 0 Å². The number of methoxy groups -OCH3 is 2. The lowest BCUT2D eigenvalue weighted by Gasteiger charge is -2.13. The third-order valence-electron chi connectivity index (χ3n) is 2.44. The van der Waals surface area contributed by atoms with Crippen molar-refractivity contribution in [3.8, 4) is 5.75 Å². The van der Waals surface area contributed by atoms with Gasteiger partial charge in [-0.1, -0.05) is 0 Å². The molecule has 0 amide bonds. The Balaban J connectivity index is 3.00. The number of hydrogen-bond acceptors (Lipinski definition) is 5. The standard InChI is InChI=1S/C11H18N2O4S/c1-8(16-2)7-13-18(14,15)11-6-9(12)4-5-10(11)17-3/h4-6,8,13H,7,12H2,1-3H3. The summed E-state index contributed by atoms with van der Waals surface area (Å²) in [5.41, 5.74) is 5.95. The van der Waals surface area contributed by atoms with Crippen molar-refractivity contribution in [2.24, 2.45) is 0 Å². The van der Waals surface area contributed by atoms with Crippen LogP contribution in [0.15, 0.2) is 23.1 Å². The normalized spacial score (nSPS) is 13.3. The number of nitrogens with two attached hydrogens (primary N) is 1. The molecule has 1 atom stereocenters. The number of hydrogen-bond donors (Lipinski definition) is 2. The predicted octanol–water partition coefficient (Wildman–Crippen LogP) is 0.591. The Bertz CT molecular complexity index is 502. The lowest BCUT2D eigenvalue weighted by atomic mass is 10.3. The maximum atomic E-state index is 12.1. The molecule has 0 bridgehead atoms. The van der Waals surface area contributed by atoms with E-state index in [1.165, 1.54) is 26.4 Å². The van der Waals surface area contributed by atoms with Gasteiger partial charge in [0.15, 0.2) is 0 Å². The Kier molecular flexibility index (Phi) is 4.94. The molecular formula is C11H18N2O4S. The highest BCUT2D eigenvalue weighted by Crippen LogP contribution is 2.25. The summed E-state index contributed by atoms with van der Waals surface area (Å²) in [6, 6.07) is 4.46. The minimum Gasteiger partial charge on any atom is -0.495 e. The summed E-state index contributed by atoms with van der Waals surface area (Å²) < 4.78 is 36.6. The zero-order valence-corrected chi connectivity index (χ0v) is 11.5. The van der Waals surface area contributed by atoms with Gasteiger partial charge in [-0.05, 0) is 25.1 Å². The van der Waals surface area contributed by atoms with Crippen molar-refractivity contribution in [1.82, 2.24) is 4.72 Å². The van der Waals surface area contributed by atoms with Crippen LogP contribution in [0.2, 0.25) is 0 Å². The Morgan fingerprint density at radius 1 is 1.39 bits per heavy atom. The second kappa shape index (κ2) is 6.03. The molecule has 0 saturated carbocycles. The number of anilines is 1. The molecule has 1 rings (SSSR count). The van der Waals surface area contributed by atoms with E-state index >= 15 is 0 Å². The average Bonchev–Trinajstić information content (AvgIpc) is 2.36. The van der Waals surface area contributed by atoms with E-state index in [4.69, 9.17) is 15.2 Å². The van der Waals surface area contributed by atoms with E-state index in [0.717, 1.165) is 0 Å². The maximum Gasteiger partial charge on any atom is 0.244 e. The molecule has 7 heteroatoms. The van der Waals surface area contributed by atoms with E-state index in [9.17, 15) is 8.42 Å². The molecule has 1 unspecified atom stereocenters. The SMILES string of the molecule is COc1ccc(N)cc1S(=O)(=O)NCC(C)OC. The van der Waals surface area contributed by atoms with Crippen LogP contribution in [0.25, 0.3) is 0 Å². The topological polar surface area (TPSA) is 90.7 Å². The molecule has 18 heavy (non-hydrogen) atoms. The van der Waals surface area contributed by atoms with Gasteiger partial charge in [-0.25, -0.2) is 13.1 Å². The Morgan fingerprint density at radius 2 is 2.06 bits per heavy atom. The van der Waals surface area contributed by atoms with Crippen LogP contribution in [0.5, 0.6) is 5.75 Å². The first-order chi connectivity index (χ1) is 8.40. The quantitative estimate of drug-likeness (QED) is 0.741. The van der Waals surface area contributed by atoms with Gasteiger partial charge in [0.1, 0.15) is 10.6 Å². The number of nitrogens with one attached hydrogen (secondary N) is 1. The van der Waals surface area contributed by atoms with E-state index < -0.39 is 10.0 Å². The highest BCUT2D eigenvalue weighted by molar-refractivity contribution is 7.89. The van der Waals surface area contributed by atoms with E-state index in [2.05, 4.69) is 4.72 Å². The van der Waals surface area contributed by atoms with Crippen molar-refractivity contribution >= 4 is 15.7 Å². The predicted molar refractivity (Wildman–Crippen MR) is 69.1 cm³/mol.